The summed E-state index contributed by atoms with van der Waals surface area (Å²) >= 11 is 0. The Hall–Kier alpha value is -3.02. The zero-order valence-electron chi connectivity index (χ0n) is 16.1. The summed E-state index contributed by atoms with van der Waals surface area (Å²) in [4.78, 5) is 21.1. The van der Waals surface area contributed by atoms with Gasteiger partial charge in [0, 0.05) is 36.8 Å². The second kappa shape index (κ2) is 8.33. The number of nitrogens with zero attached hydrogens (tertiary/aromatic N) is 3. The van der Waals surface area contributed by atoms with Gasteiger partial charge in [-0.2, -0.15) is 4.98 Å². The molecule has 4 rings (SSSR count). The molecular formula is C22H24N4O2. The molecule has 28 heavy (non-hydrogen) atoms. The number of benzene rings is 1. The predicted molar refractivity (Wildman–Crippen MR) is 106 cm³/mol. The van der Waals surface area contributed by atoms with Crippen LogP contribution in [0.4, 0.5) is 0 Å². The minimum Gasteiger partial charge on any atom is -0.352 e. The first-order chi connectivity index (χ1) is 13.7. The SMILES string of the molecule is Cc1ccccc1-c1noc(CCCC(=O)NCc2cnc3c(c2)CCC3)n1. The summed E-state index contributed by atoms with van der Waals surface area (Å²) in [5.41, 5.74) is 5.68. The number of fused-ring (bicyclic) bond motifs is 1. The van der Waals surface area contributed by atoms with Gasteiger partial charge in [-0.05, 0) is 49.3 Å². The van der Waals surface area contributed by atoms with Gasteiger partial charge in [0.15, 0.2) is 0 Å². The number of carbonyl (C=O) groups is 1. The van der Waals surface area contributed by atoms with Crippen molar-refractivity contribution in [3.8, 4) is 11.4 Å². The van der Waals surface area contributed by atoms with Crippen molar-refractivity contribution in [2.24, 2.45) is 0 Å². The van der Waals surface area contributed by atoms with Gasteiger partial charge in [0.05, 0.1) is 0 Å². The highest BCUT2D eigenvalue weighted by Gasteiger charge is 2.13. The number of aryl methyl sites for hydroxylation is 4. The topological polar surface area (TPSA) is 80.9 Å². The van der Waals surface area contributed by atoms with Gasteiger partial charge in [-0.15, -0.1) is 0 Å². The standard InChI is InChI=1S/C22H24N4O2/c1-15-6-2-3-8-18(15)22-25-21(28-26-22)11-5-10-20(27)24-14-16-12-17-7-4-9-19(17)23-13-16/h2-3,6,8,12-13H,4-5,7,9-11,14H2,1H3,(H,24,27). The van der Waals surface area contributed by atoms with E-state index in [4.69, 9.17) is 4.52 Å². The van der Waals surface area contributed by atoms with E-state index in [2.05, 4.69) is 26.5 Å². The van der Waals surface area contributed by atoms with Crippen LogP contribution in [-0.2, 0) is 30.6 Å². The van der Waals surface area contributed by atoms with Crippen LogP contribution in [0.2, 0.25) is 0 Å². The normalized spacial score (nSPS) is 12.8. The summed E-state index contributed by atoms with van der Waals surface area (Å²) in [7, 11) is 0. The quantitative estimate of drug-likeness (QED) is 0.682. The Kier molecular flexibility index (Phi) is 5.46. The third-order valence-corrected chi connectivity index (χ3v) is 5.11. The fraction of sp³-hybridized carbons (Fsp3) is 0.364. The Balaban J connectivity index is 1.23. The van der Waals surface area contributed by atoms with Gasteiger partial charge in [-0.3, -0.25) is 9.78 Å². The molecule has 2 heterocycles. The van der Waals surface area contributed by atoms with Crippen LogP contribution in [0.5, 0.6) is 0 Å². The van der Waals surface area contributed by atoms with Gasteiger partial charge >= 0.3 is 0 Å². The Labute approximate surface area is 164 Å². The van der Waals surface area contributed by atoms with Crippen molar-refractivity contribution in [3.63, 3.8) is 0 Å². The van der Waals surface area contributed by atoms with E-state index in [1.54, 1.807) is 0 Å². The molecule has 144 valence electrons. The molecular weight excluding hydrogens is 352 g/mol. The highest BCUT2D eigenvalue weighted by molar-refractivity contribution is 5.75. The van der Waals surface area contributed by atoms with E-state index in [0.29, 0.717) is 37.5 Å². The molecule has 1 amide bonds. The van der Waals surface area contributed by atoms with E-state index >= 15 is 0 Å². The maximum Gasteiger partial charge on any atom is 0.226 e. The van der Waals surface area contributed by atoms with E-state index in [-0.39, 0.29) is 5.91 Å². The molecule has 1 aromatic carbocycles. The average Bonchev–Trinajstić information content (AvgIpc) is 3.35. The van der Waals surface area contributed by atoms with Gasteiger partial charge in [0.2, 0.25) is 17.6 Å². The first-order valence-corrected chi connectivity index (χ1v) is 9.81. The molecule has 0 unspecified atom stereocenters. The van der Waals surface area contributed by atoms with Crippen molar-refractivity contribution in [2.45, 2.75) is 52.0 Å². The lowest BCUT2D eigenvalue weighted by molar-refractivity contribution is -0.121. The van der Waals surface area contributed by atoms with Gasteiger partial charge in [0.25, 0.3) is 0 Å². The molecule has 6 heteroatoms. The van der Waals surface area contributed by atoms with Gasteiger partial charge in [-0.1, -0.05) is 35.5 Å². The van der Waals surface area contributed by atoms with Crippen molar-refractivity contribution in [3.05, 3.63) is 64.8 Å². The molecule has 1 aliphatic carbocycles. The minimum atomic E-state index is 0.0270. The van der Waals surface area contributed by atoms with Crippen molar-refractivity contribution in [1.82, 2.24) is 20.4 Å². The van der Waals surface area contributed by atoms with Crippen LogP contribution < -0.4 is 5.32 Å². The van der Waals surface area contributed by atoms with E-state index < -0.39 is 0 Å². The predicted octanol–water partition coefficient (Wildman–Crippen LogP) is 3.57. The number of nitrogens with one attached hydrogen (secondary N) is 1. The highest BCUT2D eigenvalue weighted by Crippen LogP contribution is 2.21. The molecule has 0 saturated carbocycles. The molecule has 0 bridgehead atoms. The van der Waals surface area contributed by atoms with Crippen LogP contribution >= 0.6 is 0 Å². The molecule has 2 aromatic heterocycles. The molecule has 0 fully saturated rings. The third kappa shape index (κ3) is 4.27. The Morgan fingerprint density at radius 2 is 2.14 bits per heavy atom. The maximum atomic E-state index is 12.1. The molecule has 1 N–H and O–H groups in total. The highest BCUT2D eigenvalue weighted by atomic mass is 16.5. The summed E-state index contributed by atoms with van der Waals surface area (Å²) < 4.78 is 5.33. The number of amides is 1. The third-order valence-electron chi connectivity index (χ3n) is 5.11. The number of rotatable bonds is 7. The van der Waals surface area contributed by atoms with Crippen LogP contribution in [0.15, 0.2) is 41.1 Å². The van der Waals surface area contributed by atoms with Crippen LogP contribution in [0, 0.1) is 6.92 Å². The molecule has 0 aliphatic heterocycles. The fourth-order valence-electron chi connectivity index (χ4n) is 3.55. The smallest absolute Gasteiger partial charge is 0.226 e. The monoisotopic (exact) mass is 376 g/mol. The summed E-state index contributed by atoms with van der Waals surface area (Å²) in [6, 6.07) is 10.1. The second-order valence-corrected chi connectivity index (χ2v) is 7.26. The van der Waals surface area contributed by atoms with Gasteiger partial charge < -0.3 is 9.84 Å². The second-order valence-electron chi connectivity index (χ2n) is 7.26. The van der Waals surface area contributed by atoms with Crippen LogP contribution in [0.25, 0.3) is 11.4 Å². The molecule has 0 saturated heterocycles. The first kappa shape index (κ1) is 18.3. The zero-order chi connectivity index (χ0) is 19.3. The van der Waals surface area contributed by atoms with E-state index in [0.717, 1.165) is 29.5 Å². The molecule has 0 atom stereocenters. The van der Waals surface area contributed by atoms with Crippen molar-refractivity contribution < 1.29 is 9.32 Å². The summed E-state index contributed by atoms with van der Waals surface area (Å²) in [5.74, 6) is 1.19. The molecule has 0 spiro atoms. The average molecular weight is 376 g/mol. The van der Waals surface area contributed by atoms with Crippen molar-refractivity contribution in [1.29, 1.82) is 0 Å². The lowest BCUT2D eigenvalue weighted by Crippen LogP contribution is -2.22. The number of pyridine rings is 1. The largest absolute Gasteiger partial charge is 0.352 e. The first-order valence-electron chi connectivity index (χ1n) is 9.81. The van der Waals surface area contributed by atoms with Crippen molar-refractivity contribution in [2.75, 3.05) is 0 Å². The van der Waals surface area contributed by atoms with Crippen LogP contribution in [-0.4, -0.2) is 21.0 Å². The number of hydrogen-bond acceptors (Lipinski definition) is 5. The maximum absolute atomic E-state index is 12.1. The Morgan fingerprint density at radius 1 is 1.25 bits per heavy atom. The lowest BCUT2D eigenvalue weighted by Gasteiger charge is -2.06. The van der Waals surface area contributed by atoms with Crippen LogP contribution in [0.3, 0.4) is 0 Å². The van der Waals surface area contributed by atoms with Crippen LogP contribution in [0.1, 0.15) is 47.5 Å². The molecule has 0 radical (unpaired) electrons. The minimum absolute atomic E-state index is 0.0270. The summed E-state index contributed by atoms with van der Waals surface area (Å²) in [6.45, 7) is 2.54. The van der Waals surface area contributed by atoms with Gasteiger partial charge in [0.1, 0.15) is 0 Å². The van der Waals surface area contributed by atoms with E-state index in [1.807, 2.05) is 37.4 Å². The number of aromatic nitrogens is 3. The van der Waals surface area contributed by atoms with E-state index in [1.165, 1.54) is 17.7 Å². The summed E-state index contributed by atoms with van der Waals surface area (Å²) in [6.07, 6.45) is 6.91. The van der Waals surface area contributed by atoms with Crippen molar-refractivity contribution >= 4 is 5.91 Å². The molecule has 3 aromatic rings. The van der Waals surface area contributed by atoms with E-state index in [9.17, 15) is 4.79 Å². The zero-order valence-corrected chi connectivity index (χ0v) is 16.1. The Bertz CT molecular complexity index is 980. The number of carbonyl (C=O) groups excluding carboxylic acids is 1. The number of hydrogen-bond donors (Lipinski definition) is 1. The molecule has 6 nitrogen and oxygen atoms in total. The fourth-order valence-corrected chi connectivity index (χ4v) is 3.55. The molecule has 1 aliphatic rings. The van der Waals surface area contributed by atoms with Gasteiger partial charge in [-0.25, -0.2) is 0 Å². The Morgan fingerprint density at radius 3 is 3.04 bits per heavy atom. The lowest BCUT2D eigenvalue weighted by atomic mass is 10.1. The summed E-state index contributed by atoms with van der Waals surface area (Å²) in [5, 5.41) is 7.03.